The molecule has 0 fully saturated rings. The summed E-state index contributed by atoms with van der Waals surface area (Å²) in [5.74, 6) is 0.799. The lowest BCUT2D eigenvalue weighted by molar-refractivity contribution is 0.102. The third kappa shape index (κ3) is 2.57. The van der Waals surface area contributed by atoms with Crippen molar-refractivity contribution in [2.45, 2.75) is 26.8 Å². The molecule has 112 valence electrons. The largest absolute Gasteiger partial charge is 0.326 e. The van der Waals surface area contributed by atoms with Gasteiger partial charge in [0.2, 0.25) is 0 Å². The van der Waals surface area contributed by atoms with Crippen molar-refractivity contribution in [3.8, 4) is 0 Å². The molecule has 0 radical (unpaired) electrons. The van der Waals surface area contributed by atoms with E-state index in [1.165, 1.54) is 0 Å². The van der Waals surface area contributed by atoms with E-state index in [1.54, 1.807) is 24.5 Å². The molecule has 3 aromatic rings. The first-order valence-corrected chi connectivity index (χ1v) is 7.26. The average molecular weight is 294 g/mol. The van der Waals surface area contributed by atoms with Gasteiger partial charge in [-0.05, 0) is 51.1 Å². The summed E-state index contributed by atoms with van der Waals surface area (Å²) in [5.41, 5.74) is 3.23. The Morgan fingerprint density at radius 2 is 2.09 bits per heavy atom. The van der Waals surface area contributed by atoms with E-state index in [1.807, 2.05) is 25.1 Å². The van der Waals surface area contributed by atoms with Crippen molar-refractivity contribution in [3.63, 3.8) is 0 Å². The monoisotopic (exact) mass is 294 g/mol. The number of hydrogen-bond acceptors (Lipinski definition) is 3. The van der Waals surface area contributed by atoms with Gasteiger partial charge in [0.05, 0.1) is 16.6 Å². The fraction of sp³-hybridized carbons (Fsp3) is 0.235. The number of pyridine rings is 1. The minimum Gasteiger partial charge on any atom is -0.326 e. The van der Waals surface area contributed by atoms with Gasteiger partial charge in [-0.15, -0.1) is 0 Å². The predicted molar refractivity (Wildman–Crippen MR) is 87.0 cm³/mol. The lowest BCUT2D eigenvalue weighted by Gasteiger charge is -2.11. The van der Waals surface area contributed by atoms with Gasteiger partial charge in [0.1, 0.15) is 5.82 Å². The van der Waals surface area contributed by atoms with E-state index in [0.29, 0.717) is 11.6 Å². The number of aromatic nitrogens is 3. The van der Waals surface area contributed by atoms with Gasteiger partial charge in [-0.1, -0.05) is 0 Å². The molecule has 0 atom stereocenters. The number of carbonyl (C=O) groups excluding carboxylic acids is 1. The molecule has 0 saturated heterocycles. The highest BCUT2D eigenvalue weighted by Gasteiger charge is 2.12. The number of carbonyl (C=O) groups is 1. The normalized spacial score (nSPS) is 11.1. The summed E-state index contributed by atoms with van der Waals surface area (Å²) in [7, 11) is 0. The summed E-state index contributed by atoms with van der Waals surface area (Å²) < 4.78 is 2.18. The van der Waals surface area contributed by atoms with Gasteiger partial charge in [0.25, 0.3) is 5.91 Å². The van der Waals surface area contributed by atoms with Crippen molar-refractivity contribution in [2.24, 2.45) is 0 Å². The van der Waals surface area contributed by atoms with Crippen LogP contribution in [-0.2, 0) is 0 Å². The first-order chi connectivity index (χ1) is 10.6. The number of nitrogens with one attached hydrogen (secondary N) is 1. The molecular weight excluding hydrogens is 276 g/mol. The fourth-order valence-corrected chi connectivity index (χ4v) is 2.65. The quantitative estimate of drug-likeness (QED) is 0.803. The summed E-state index contributed by atoms with van der Waals surface area (Å²) in [6.45, 7) is 6.26. The number of rotatable bonds is 3. The highest BCUT2D eigenvalue weighted by atomic mass is 16.1. The van der Waals surface area contributed by atoms with Gasteiger partial charge in [0.15, 0.2) is 0 Å². The number of benzene rings is 1. The van der Waals surface area contributed by atoms with E-state index in [-0.39, 0.29) is 5.91 Å². The highest BCUT2D eigenvalue weighted by molar-refractivity contribution is 6.04. The summed E-state index contributed by atoms with van der Waals surface area (Å²) >= 11 is 0. The van der Waals surface area contributed by atoms with Gasteiger partial charge in [-0.3, -0.25) is 9.78 Å². The van der Waals surface area contributed by atoms with Crippen molar-refractivity contribution in [3.05, 3.63) is 54.1 Å². The third-order valence-electron chi connectivity index (χ3n) is 3.56. The number of amides is 1. The molecule has 1 amide bonds. The van der Waals surface area contributed by atoms with Crippen LogP contribution in [0.3, 0.4) is 0 Å². The van der Waals surface area contributed by atoms with Gasteiger partial charge in [-0.25, -0.2) is 4.98 Å². The molecule has 2 aromatic heterocycles. The number of imidazole rings is 1. The zero-order chi connectivity index (χ0) is 15.7. The Kier molecular flexibility index (Phi) is 3.63. The second-order valence-electron chi connectivity index (χ2n) is 5.52. The van der Waals surface area contributed by atoms with Crippen LogP contribution in [0, 0.1) is 6.92 Å². The second kappa shape index (κ2) is 5.60. The lowest BCUT2D eigenvalue weighted by atomic mass is 10.2. The van der Waals surface area contributed by atoms with Gasteiger partial charge in [-0.2, -0.15) is 0 Å². The maximum Gasteiger partial charge on any atom is 0.257 e. The van der Waals surface area contributed by atoms with Crippen LogP contribution in [-0.4, -0.2) is 20.4 Å². The molecule has 5 nitrogen and oxygen atoms in total. The van der Waals surface area contributed by atoms with E-state index >= 15 is 0 Å². The maximum atomic E-state index is 12.2. The van der Waals surface area contributed by atoms with E-state index in [9.17, 15) is 4.79 Å². The first kappa shape index (κ1) is 14.3. The fourth-order valence-electron chi connectivity index (χ4n) is 2.65. The third-order valence-corrected chi connectivity index (χ3v) is 3.56. The van der Waals surface area contributed by atoms with Gasteiger partial charge >= 0.3 is 0 Å². The first-order valence-electron chi connectivity index (χ1n) is 7.26. The molecule has 0 bridgehead atoms. The summed E-state index contributed by atoms with van der Waals surface area (Å²) in [6.07, 6.45) is 3.19. The van der Waals surface area contributed by atoms with Crippen molar-refractivity contribution in [1.29, 1.82) is 0 Å². The van der Waals surface area contributed by atoms with Crippen LogP contribution >= 0.6 is 0 Å². The molecule has 0 aliphatic carbocycles. The summed E-state index contributed by atoms with van der Waals surface area (Å²) in [5, 5.41) is 2.88. The molecule has 1 aromatic carbocycles. The Hall–Kier alpha value is -2.69. The Labute approximate surface area is 129 Å². The number of aryl methyl sites for hydroxylation is 1. The summed E-state index contributed by atoms with van der Waals surface area (Å²) in [6, 6.07) is 9.62. The second-order valence-corrected chi connectivity index (χ2v) is 5.52. The molecule has 0 spiro atoms. The molecule has 22 heavy (non-hydrogen) atoms. The van der Waals surface area contributed by atoms with Crippen molar-refractivity contribution >= 4 is 22.6 Å². The Balaban J connectivity index is 1.92. The Morgan fingerprint density at radius 1 is 1.27 bits per heavy atom. The van der Waals surface area contributed by atoms with Crippen LogP contribution in [0.25, 0.3) is 11.0 Å². The number of fused-ring (bicyclic) bond motifs is 1. The minimum absolute atomic E-state index is 0.174. The van der Waals surface area contributed by atoms with Crippen LogP contribution in [0.2, 0.25) is 0 Å². The topological polar surface area (TPSA) is 59.8 Å². The zero-order valence-electron chi connectivity index (χ0n) is 12.9. The standard InChI is InChI=1S/C17H18N4O/c1-11(2)21-12(3)19-15-9-14(6-7-16(15)21)20-17(22)13-5-4-8-18-10-13/h4-11H,1-3H3,(H,20,22). The van der Waals surface area contributed by atoms with Crippen LogP contribution in [0.4, 0.5) is 5.69 Å². The van der Waals surface area contributed by atoms with E-state index < -0.39 is 0 Å². The SMILES string of the molecule is Cc1nc2cc(NC(=O)c3cccnc3)ccc2n1C(C)C. The van der Waals surface area contributed by atoms with Crippen LogP contribution in [0.1, 0.15) is 36.1 Å². The zero-order valence-corrected chi connectivity index (χ0v) is 12.9. The molecule has 0 aliphatic rings. The molecule has 0 aliphatic heterocycles. The van der Waals surface area contributed by atoms with Gasteiger partial charge < -0.3 is 9.88 Å². The molecular formula is C17H18N4O. The summed E-state index contributed by atoms with van der Waals surface area (Å²) in [4.78, 5) is 20.7. The molecule has 3 rings (SSSR count). The number of hydrogen-bond donors (Lipinski definition) is 1. The van der Waals surface area contributed by atoms with Gasteiger partial charge in [0, 0.05) is 24.1 Å². The number of nitrogens with zero attached hydrogens (tertiary/aromatic N) is 3. The minimum atomic E-state index is -0.174. The number of anilines is 1. The van der Waals surface area contributed by atoms with Crippen molar-refractivity contribution < 1.29 is 4.79 Å². The van der Waals surface area contributed by atoms with Crippen LogP contribution < -0.4 is 5.32 Å². The van der Waals surface area contributed by atoms with Crippen molar-refractivity contribution in [1.82, 2.24) is 14.5 Å². The highest BCUT2D eigenvalue weighted by Crippen LogP contribution is 2.23. The Morgan fingerprint density at radius 3 is 2.77 bits per heavy atom. The van der Waals surface area contributed by atoms with E-state index in [2.05, 4.69) is 33.7 Å². The lowest BCUT2D eigenvalue weighted by Crippen LogP contribution is -2.11. The molecule has 5 heteroatoms. The smallest absolute Gasteiger partial charge is 0.257 e. The average Bonchev–Trinajstić information content (AvgIpc) is 2.83. The van der Waals surface area contributed by atoms with Crippen molar-refractivity contribution in [2.75, 3.05) is 5.32 Å². The molecule has 1 N–H and O–H groups in total. The van der Waals surface area contributed by atoms with Crippen LogP contribution in [0.15, 0.2) is 42.7 Å². The molecule has 2 heterocycles. The predicted octanol–water partition coefficient (Wildman–Crippen LogP) is 3.57. The maximum absolute atomic E-state index is 12.2. The molecule has 0 saturated carbocycles. The van der Waals surface area contributed by atoms with E-state index in [4.69, 9.17) is 0 Å². The van der Waals surface area contributed by atoms with Crippen LogP contribution in [0.5, 0.6) is 0 Å². The molecule has 0 unspecified atom stereocenters. The van der Waals surface area contributed by atoms with E-state index in [0.717, 1.165) is 22.5 Å². The Bertz CT molecular complexity index is 821.